The fraction of sp³-hybridized carbons (Fsp3) is 0.500. The van der Waals surface area contributed by atoms with E-state index in [9.17, 15) is 4.79 Å². The molecule has 1 amide bonds. The van der Waals surface area contributed by atoms with Gasteiger partial charge in [0.25, 0.3) is 0 Å². The topological polar surface area (TPSA) is 55.1 Å². The molecule has 2 atom stereocenters. The Kier molecular flexibility index (Phi) is 6.16. The molecule has 4 heteroatoms. The third-order valence-electron chi connectivity index (χ3n) is 2.91. The molecule has 0 saturated heterocycles. The highest BCUT2D eigenvalue weighted by molar-refractivity contribution is 6.30. The predicted molar refractivity (Wildman–Crippen MR) is 75.5 cm³/mol. The summed E-state index contributed by atoms with van der Waals surface area (Å²) < 4.78 is 0. The maximum absolute atomic E-state index is 11.8. The zero-order chi connectivity index (χ0) is 13.5. The van der Waals surface area contributed by atoms with Crippen molar-refractivity contribution in [2.75, 3.05) is 0 Å². The molecule has 1 rings (SSSR count). The Morgan fingerprint density at radius 1 is 1.50 bits per heavy atom. The second-order valence-electron chi connectivity index (χ2n) is 4.53. The third-order valence-corrected chi connectivity index (χ3v) is 3.15. The highest BCUT2D eigenvalue weighted by atomic mass is 35.5. The quantitative estimate of drug-likeness (QED) is 0.833. The number of hydrogen-bond donors (Lipinski definition) is 2. The van der Waals surface area contributed by atoms with Crippen LogP contribution in [-0.2, 0) is 4.79 Å². The van der Waals surface area contributed by atoms with Crippen molar-refractivity contribution in [1.29, 1.82) is 0 Å². The van der Waals surface area contributed by atoms with Gasteiger partial charge in [-0.1, -0.05) is 43.5 Å². The molecular formula is C14H21ClN2O. The molecular weight excluding hydrogens is 248 g/mol. The number of rotatable bonds is 6. The van der Waals surface area contributed by atoms with Gasteiger partial charge in [0.1, 0.15) is 0 Å². The van der Waals surface area contributed by atoms with Gasteiger partial charge in [0.05, 0.1) is 12.1 Å². The molecule has 0 bridgehead atoms. The SMILES string of the molecule is CCCCC(N)C(=O)N[C@H](C)c1cccc(Cl)c1. The largest absolute Gasteiger partial charge is 0.348 e. The first-order valence-electron chi connectivity index (χ1n) is 6.36. The van der Waals surface area contributed by atoms with Crippen LogP contribution in [0, 0.1) is 0 Å². The van der Waals surface area contributed by atoms with Gasteiger partial charge < -0.3 is 11.1 Å². The number of halogens is 1. The molecule has 0 radical (unpaired) electrons. The van der Waals surface area contributed by atoms with Gasteiger partial charge in [0.15, 0.2) is 0 Å². The van der Waals surface area contributed by atoms with Gasteiger partial charge >= 0.3 is 0 Å². The van der Waals surface area contributed by atoms with Crippen molar-refractivity contribution in [3.8, 4) is 0 Å². The molecule has 0 aliphatic carbocycles. The van der Waals surface area contributed by atoms with Crippen molar-refractivity contribution < 1.29 is 4.79 Å². The van der Waals surface area contributed by atoms with Gasteiger partial charge in [-0.2, -0.15) is 0 Å². The van der Waals surface area contributed by atoms with E-state index in [1.807, 2.05) is 31.2 Å². The van der Waals surface area contributed by atoms with E-state index in [2.05, 4.69) is 12.2 Å². The Morgan fingerprint density at radius 2 is 2.22 bits per heavy atom. The van der Waals surface area contributed by atoms with Crippen LogP contribution in [0.4, 0.5) is 0 Å². The highest BCUT2D eigenvalue weighted by Crippen LogP contribution is 2.17. The zero-order valence-corrected chi connectivity index (χ0v) is 11.7. The summed E-state index contributed by atoms with van der Waals surface area (Å²) in [6, 6.07) is 6.97. The summed E-state index contributed by atoms with van der Waals surface area (Å²) in [7, 11) is 0. The zero-order valence-electron chi connectivity index (χ0n) is 10.9. The second kappa shape index (κ2) is 7.39. The summed E-state index contributed by atoms with van der Waals surface area (Å²) >= 11 is 5.92. The van der Waals surface area contributed by atoms with E-state index >= 15 is 0 Å². The lowest BCUT2D eigenvalue weighted by atomic mass is 10.1. The summed E-state index contributed by atoms with van der Waals surface area (Å²) in [4.78, 5) is 11.8. The van der Waals surface area contributed by atoms with Crippen molar-refractivity contribution in [2.24, 2.45) is 5.73 Å². The first-order chi connectivity index (χ1) is 8.54. The maximum Gasteiger partial charge on any atom is 0.237 e. The third kappa shape index (κ3) is 4.67. The van der Waals surface area contributed by atoms with E-state index in [1.165, 1.54) is 0 Å². The van der Waals surface area contributed by atoms with Crippen molar-refractivity contribution in [1.82, 2.24) is 5.32 Å². The average Bonchev–Trinajstić information content (AvgIpc) is 2.35. The first kappa shape index (κ1) is 15.0. The fourth-order valence-electron chi connectivity index (χ4n) is 1.73. The monoisotopic (exact) mass is 268 g/mol. The molecule has 3 N–H and O–H groups in total. The Hall–Kier alpha value is -1.06. The van der Waals surface area contributed by atoms with E-state index in [4.69, 9.17) is 17.3 Å². The Labute approximate surface area is 114 Å². The van der Waals surface area contributed by atoms with E-state index in [0.29, 0.717) is 5.02 Å². The van der Waals surface area contributed by atoms with Crippen molar-refractivity contribution in [3.05, 3.63) is 34.9 Å². The molecule has 0 spiro atoms. The molecule has 0 fully saturated rings. The minimum absolute atomic E-state index is 0.0797. The number of amides is 1. The van der Waals surface area contributed by atoms with Gasteiger partial charge in [0.2, 0.25) is 5.91 Å². The van der Waals surface area contributed by atoms with Crippen LogP contribution < -0.4 is 11.1 Å². The van der Waals surface area contributed by atoms with E-state index in [-0.39, 0.29) is 11.9 Å². The van der Waals surface area contributed by atoms with Crippen LogP contribution >= 0.6 is 11.6 Å². The van der Waals surface area contributed by atoms with Crippen LogP contribution in [0.3, 0.4) is 0 Å². The minimum Gasteiger partial charge on any atom is -0.348 e. The molecule has 0 aromatic heterocycles. The molecule has 1 aromatic carbocycles. The van der Waals surface area contributed by atoms with Crippen LogP contribution in [-0.4, -0.2) is 11.9 Å². The molecule has 0 aliphatic rings. The van der Waals surface area contributed by atoms with Gasteiger partial charge in [-0.05, 0) is 31.0 Å². The Bertz CT molecular complexity index is 395. The molecule has 0 aliphatic heterocycles. The number of nitrogens with one attached hydrogen (secondary N) is 1. The van der Waals surface area contributed by atoms with E-state index < -0.39 is 6.04 Å². The smallest absolute Gasteiger partial charge is 0.237 e. The molecule has 3 nitrogen and oxygen atoms in total. The van der Waals surface area contributed by atoms with Crippen molar-refractivity contribution in [2.45, 2.75) is 45.2 Å². The summed E-state index contributed by atoms with van der Waals surface area (Å²) in [5.41, 5.74) is 6.81. The van der Waals surface area contributed by atoms with Crippen molar-refractivity contribution in [3.63, 3.8) is 0 Å². The van der Waals surface area contributed by atoms with Crippen LogP contribution in [0.2, 0.25) is 5.02 Å². The first-order valence-corrected chi connectivity index (χ1v) is 6.73. The molecule has 0 heterocycles. The molecule has 18 heavy (non-hydrogen) atoms. The average molecular weight is 269 g/mol. The van der Waals surface area contributed by atoms with Crippen LogP contribution in [0.5, 0.6) is 0 Å². The lowest BCUT2D eigenvalue weighted by Crippen LogP contribution is -2.41. The number of carbonyl (C=O) groups is 1. The van der Waals surface area contributed by atoms with Gasteiger partial charge in [-0.25, -0.2) is 0 Å². The van der Waals surface area contributed by atoms with Crippen LogP contribution in [0.25, 0.3) is 0 Å². The Morgan fingerprint density at radius 3 is 2.83 bits per heavy atom. The van der Waals surface area contributed by atoms with E-state index in [1.54, 1.807) is 0 Å². The van der Waals surface area contributed by atoms with Crippen LogP contribution in [0.15, 0.2) is 24.3 Å². The maximum atomic E-state index is 11.8. The minimum atomic E-state index is -0.424. The second-order valence-corrected chi connectivity index (χ2v) is 4.97. The molecule has 1 aromatic rings. The predicted octanol–water partition coefficient (Wildman–Crippen LogP) is 3.03. The summed E-state index contributed by atoms with van der Waals surface area (Å²) in [6.45, 7) is 4.01. The van der Waals surface area contributed by atoms with Gasteiger partial charge in [-0.3, -0.25) is 4.79 Å². The van der Waals surface area contributed by atoms with Gasteiger partial charge in [-0.15, -0.1) is 0 Å². The lowest BCUT2D eigenvalue weighted by molar-refractivity contribution is -0.123. The summed E-state index contributed by atoms with van der Waals surface area (Å²) in [5, 5.41) is 3.58. The van der Waals surface area contributed by atoms with Gasteiger partial charge in [0, 0.05) is 5.02 Å². The molecule has 100 valence electrons. The summed E-state index contributed by atoms with van der Waals surface area (Å²) in [5.74, 6) is -0.101. The van der Waals surface area contributed by atoms with Crippen molar-refractivity contribution >= 4 is 17.5 Å². The number of carbonyl (C=O) groups excluding carboxylic acids is 1. The summed E-state index contributed by atoms with van der Waals surface area (Å²) in [6.07, 6.45) is 2.75. The fourth-order valence-corrected chi connectivity index (χ4v) is 1.93. The standard InChI is InChI=1S/C14H21ClN2O/c1-3-4-8-13(16)14(18)17-10(2)11-6-5-7-12(15)9-11/h5-7,9-10,13H,3-4,8,16H2,1-2H3,(H,17,18)/t10-,13?/m1/s1. The molecule has 0 saturated carbocycles. The number of benzene rings is 1. The highest BCUT2D eigenvalue weighted by Gasteiger charge is 2.16. The number of unbranched alkanes of at least 4 members (excludes halogenated alkanes) is 1. The number of hydrogen-bond acceptors (Lipinski definition) is 2. The molecule has 1 unspecified atom stereocenters. The van der Waals surface area contributed by atoms with Crippen LogP contribution in [0.1, 0.15) is 44.7 Å². The van der Waals surface area contributed by atoms with E-state index in [0.717, 1.165) is 24.8 Å². The number of nitrogens with two attached hydrogens (primary N) is 1. The Balaban J connectivity index is 2.54. The lowest BCUT2D eigenvalue weighted by Gasteiger charge is -2.18. The normalized spacial score (nSPS) is 14.0.